The van der Waals surface area contributed by atoms with Crippen LogP contribution in [0.2, 0.25) is 0 Å². The molecule has 84 valence electrons. The molecule has 0 aromatic heterocycles. The monoisotopic (exact) mass is 210 g/mol. The van der Waals surface area contributed by atoms with Gasteiger partial charge in [0.1, 0.15) is 5.78 Å². The second-order valence-electron chi connectivity index (χ2n) is 4.71. The topological polar surface area (TPSA) is 43.4 Å². The highest BCUT2D eigenvalue weighted by Crippen LogP contribution is 2.52. The fourth-order valence-corrected chi connectivity index (χ4v) is 3.16. The highest BCUT2D eigenvalue weighted by molar-refractivity contribution is 5.85. The van der Waals surface area contributed by atoms with Crippen LogP contribution in [0.3, 0.4) is 0 Å². The molecule has 0 bridgehead atoms. The number of ether oxygens (including phenoxy) is 1. The van der Waals surface area contributed by atoms with Crippen LogP contribution in [0.25, 0.3) is 0 Å². The second kappa shape index (κ2) is 3.95. The van der Waals surface area contributed by atoms with Gasteiger partial charge in [0.15, 0.2) is 0 Å². The molecule has 0 spiro atoms. The van der Waals surface area contributed by atoms with Crippen LogP contribution < -0.4 is 0 Å². The van der Waals surface area contributed by atoms with Crippen molar-refractivity contribution in [3.63, 3.8) is 0 Å². The van der Waals surface area contributed by atoms with Gasteiger partial charge in [0.05, 0.1) is 12.0 Å². The number of carbonyl (C=O) groups is 2. The molecule has 0 aromatic carbocycles. The molecule has 0 radical (unpaired) electrons. The zero-order chi connectivity index (χ0) is 10.9. The number of Topliss-reactive ketones (excluding diaryl/α,β-unsaturated/α-hetero) is 1. The minimum Gasteiger partial charge on any atom is -0.466 e. The van der Waals surface area contributed by atoms with E-state index in [1.165, 1.54) is 0 Å². The Morgan fingerprint density at radius 2 is 2.33 bits per heavy atom. The van der Waals surface area contributed by atoms with Crippen LogP contribution in [-0.4, -0.2) is 18.4 Å². The number of fused-ring (bicyclic) bond motifs is 1. The maximum atomic E-state index is 12.0. The molecule has 0 amide bonds. The fraction of sp³-hybridized carbons (Fsp3) is 0.833. The van der Waals surface area contributed by atoms with E-state index < -0.39 is 0 Å². The van der Waals surface area contributed by atoms with Crippen molar-refractivity contribution in [3.8, 4) is 0 Å². The fourth-order valence-electron chi connectivity index (χ4n) is 3.16. The van der Waals surface area contributed by atoms with Crippen LogP contribution in [-0.2, 0) is 14.3 Å². The van der Waals surface area contributed by atoms with Gasteiger partial charge >= 0.3 is 5.97 Å². The molecule has 3 nitrogen and oxygen atoms in total. The zero-order valence-electron chi connectivity index (χ0n) is 9.25. The summed E-state index contributed by atoms with van der Waals surface area (Å²) in [5.74, 6) is 0.527. The Kier molecular flexibility index (Phi) is 2.81. The Balaban J connectivity index is 2.17. The van der Waals surface area contributed by atoms with Gasteiger partial charge < -0.3 is 4.74 Å². The van der Waals surface area contributed by atoms with Crippen LogP contribution in [0.15, 0.2) is 0 Å². The van der Waals surface area contributed by atoms with Crippen molar-refractivity contribution in [2.45, 2.75) is 45.4 Å². The quantitative estimate of drug-likeness (QED) is 0.655. The lowest BCUT2D eigenvalue weighted by Crippen LogP contribution is -2.41. The molecule has 0 aliphatic heterocycles. The summed E-state index contributed by atoms with van der Waals surface area (Å²) in [7, 11) is 0. The Morgan fingerprint density at radius 3 is 3.07 bits per heavy atom. The van der Waals surface area contributed by atoms with Gasteiger partial charge in [-0.3, -0.25) is 9.59 Å². The third-order valence-corrected chi connectivity index (χ3v) is 3.96. The molecule has 2 aliphatic rings. The Hall–Kier alpha value is -0.860. The molecule has 2 saturated carbocycles. The first-order valence-electron chi connectivity index (χ1n) is 5.88. The highest BCUT2D eigenvalue weighted by atomic mass is 16.5. The molecule has 2 atom stereocenters. The van der Waals surface area contributed by atoms with Gasteiger partial charge in [-0.1, -0.05) is 6.42 Å². The molecule has 2 aliphatic carbocycles. The normalized spacial score (nSPS) is 35.0. The van der Waals surface area contributed by atoms with Crippen molar-refractivity contribution in [1.82, 2.24) is 0 Å². The largest absolute Gasteiger partial charge is 0.466 e. The van der Waals surface area contributed by atoms with Crippen LogP contribution in [0.5, 0.6) is 0 Å². The molecule has 0 N–H and O–H groups in total. The molecule has 2 rings (SSSR count). The average Bonchev–Trinajstić information content (AvgIpc) is 2.62. The van der Waals surface area contributed by atoms with Gasteiger partial charge in [-0.25, -0.2) is 0 Å². The number of hydrogen-bond acceptors (Lipinski definition) is 3. The first kappa shape index (κ1) is 10.7. The predicted molar refractivity (Wildman–Crippen MR) is 55.3 cm³/mol. The van der Waals surface area contributed by atoms with Gasteiger partial charge in [0.25, 0.3) is 0 Å². The summed E-state index contributed by atoms with van der Waals surface area (Å²) in [5.41, 5.74) is -0.302. The Labute approximate surface area is 90.2 Å². The van der Waals surface area contributed by atoms with E-state index in [4.69, 9.17) is 4.74 Å². The van der Waals surface area contributed by atoms with Crippen molar-refractivity contribution in [3.05, 3.63) is 0 Å². The average molecular weight is 210 g/mol. The van der Waals surface area contributed by atoms with E-state index in [0.717, 1.165) is 25.7 Å². The third-order valence-electron chi connectivity index (χ3n) is 3.96. The van der Waals surface area contributed by atoms with E-state index in [1.54, 1.807) is 0 Å². The second-order valence-corrected chi connectivity index (χ2v) is 4.71. The van der Waals surface area contributed by atoms with Crippen molar-refractivity contribution >= 4 is 11.8 Å². The van der Waals surface area contributed by atoms with Crippen LogP contribution >= 0.6 is 0 Å². The van der Waals surface area contributed by atoms with E-state index in [2.05, 4.69) is 0 Å². The minimum atomic E-state index is -0.302. The lowest BCUT2D eigenvalue weighted by molar-refractivity contribution is -0.160. The predicted octanol–water partition coefficient (Wildman–Crippen LogP) is 2.09. The SMILES string of the molecule is CCOC(=O)[C@@]12CCC[C@H]1CC(=O)CC2. The smallest absolute Gasteiger partial charge is 0.312 e. The summed E-state index contributed by atoms with van der Waals surface area (Å²) >= 11 is 0. The van der Waals surface area contributed by atoms with Crippen LogP contribution in [0.4, 0.5) is 0 Å². The molecule has 0 saturated heterocycles. The van der Waals surface area contributed by atoms with Crippen LogP contribution in [0.1, 0.15) is 45.4 Å². The molecule has 3 heteroatoms. The van der Waals surface area contributed by atoms with E-state index >= 15 is 0 Å². The number of hydrogen-bond donors (Lipinski definition) is 0. The highest BCUT2D eigenvalue weighted by Gasteiger charge is 2.52. The molecule has 2 fully saturated rings. The van der Waals surface area contributed by atoms with Gasteiger partial charge in [-0.05, 0) is 32.1 Å². The number of ketones is 1. The van der Waals surface area contributed by atoms with Crippen LogP contribution in [0, 0.1) is 11.3 Å². The first-order chi connectivity index (χ1) is 7.19. The van der Waals surface area contributed by atoms with Crippen molar-refractivity contribution in [2.75, 3.05) is 6.61 Å². The lowest BCUT2D eigenvalue weighted by Gasteiger charge is -2.36. The lowest BCUT2D eigenvalue weighted by atomic mass is 9.68. The van der Waals surface area contributed by atoms with Gasteiger partial charge in [-0.15, -0.1) is 0 Å². The standard InChI is InChI=1S/C12H18O3/c1-2-15-11(14)12-6-3-4-9(12)8-10(13)5-7-12/h9H,2-8H2,1H3/t9-,12+/m0/s1. The molecule has 0 heterocycles. The summed E-state index contributed by atoms with van der Waals surface area (Å²) < 4.78 is 5.17. The van der Waals surface area contributed by atoms with Gasteiger partial charge in [-0.2, -0.15) is 0 Å². The number of carbonyl (C=O) groups excluding carboxylic acids is 2. The first-order valence-corrected chi connectivity index (χ1v) is 5.88. The summed E-state index contributed by atoms with van der Waals surface area (Å²) in [5, 5.41) is 0. The van der Waals surface area contributed by atoms with E-state index in [1.807, 2.05) is 6.92 Å². The molecule has 15 heavy (non-hydrogen) atoms. The van der Waals surface area contributed by atoms with E-state index in [-0.39, 0.29) is 17.3 Å². The molecule has 0 unspecified atom stereocenters. The Bertz CT molecular complexity index is 285. The van der Waals surface area contributed by atoms with Gasteiger partial charge in [0.2, 0.25) is 0 Å². The van der Waals surface area contributed by atoms with Gasteiger partial charge in [0, 0.05) is 12.8 Å². The zero-order valence-corrected chi connectivity index (χ0v) is 9.25. The van der Waals surface area contributed by atoms with E-state index in [0.29, 0.717) is 25.2 Å². The minimum absolute atomic E-state index is 0.0556. The molecular weight excluding hydrogens is 192 g/mol. The number of rotatable bonds is 2. The summed E-state index contributed by atoms with van der Waals surface area (Å²) in [6, 6.07) is 0. The summed E-state index contributed by atoms with van der Waals surface area (Å²) in [6.45, 7) is 2.29. The van der Waals surface area contributed by atoms with Crippen molar-refractivity contribution in [2.24, 2.45) is 11.3 Å². The number of esters is 1. The summed E-state index contributed by atoms with van der Waals surface area (Å²) in [4.78, 5) is 23.4. The molecular formula is C12H18O3. The maximum Gasteiger partial charge on any atom is 0.312 e. The van der Waals surface area contributed by atoms with E-state index in [9.17, 15) is 9.59 Å². The Morgan fingerprint density at radius 1 is 1.53 bits per heavy atom. The molecule has 0 aromatic rings. The van der Waals surface area contributed by atoms with Crippen molar-refractivity contribution in [1.29, 1.82) is 0 Å². The maximum absolute atomic E-state index is 12.0. The van der Waals surface area contributed by atoms with Crippen molar-refractivity contribution < 1.29 is 14.3 Å². The third kappa shape index (κ3) is 1.68. The summed E-state index contributed by atoms with van der Waals surface area (Å²) in [6.07, 6.45) is 4.88.